The number of fused-ring (bicyclic) bond motifs is 1. The first kappa shape index (κ1) is 11.3. The summed E-state index contributed by atoms with van der Waals surface area (Å²) in [5.74, 6) is 1.90. The van der Waals surface area contributed by atoms with Crippen LogP contribution < -0.4 is 0 Å². The van der Waals surface area contributed by atoms with Gasteiger partial charge in [-0.1, -0.05) is 54.6 Å². The van der Waals surface area contributed by atoms with Crippen LogP contribution in [-0.4, -0.2) is 0 Å². The van der Waals surface area contributed by atoms with Gasteiger partial charge in [0.25, 0.3) is 0 Å². The van der Waals surface area contributed by atoms with Gasteiger partial charge in [0.2, 0.25) is 0 Å². The normalized spacial score (nSPS) is 13.1. The van der Waals surface area contributed by atoms with E-state index in [1.54, 1.807) is 0 Å². The maximum atomic E-state index is 6.02. The molecule has 0 amide bonds. The van der Waals surface area contributed by atoms with Crippen molar-refractivity contribution in [3.05, 3.63) is 83.6 Å². The molecule has 0 saturated carbocycles. The van der Waals surface area contributed by atoms with Gasteiger partial charge < -0.3 is 4.42 Å². The molecule has 4 rings (SSSR count). The fourth-order valence-corrected chi connectivity index (χ4v) is 2.71. The highest BCUT2D eigenvalue weighted by Gasteiger charge is 2.16. The number of hydrogen-bond donors (Lipinski definition) is 0. The molecule has 0 saturated heterocycles. The monoisotopic (exact) mass is 258 g/mol. The van der Waals surface area contributed by atoms with Gasteiger partial charge in [-0.05, 0) is 34.9 Å². The summed E-state index contributed by atoms with van der Waals surface area (Å²) in [6.07, 6.45) is 3.18. The van der Waals surface area contributed by atoms with E-state index in [-0.39, 0.29) is 0 Å². The quantitative estimate of drug-likeness (QED) is 0.627. The third-order valence-corrected chi connectivity index (χ3v) is 3.75. The molecule has 3 aromatic rings. The number of furan rings is 1. The van der Waals surface area contributed by atoms with Crippen LogP contribution in [0.4, 0.5) is 0 Å². The first-order chi connectivity index (χ1) is 9.90. The van der Waals surface area contributed by atoms with Crippen molar-refractivity contribution in [1.29, 1.82) is 0 Å². The molecule has 1 aliphatic carbocycles. The van der Waals surface area contributed by atoms with Crippen LogP contribution in [0.15, 0.2) is 71.1 Å². The van der Waals surface area contributed by atoms with Crippen molar-refractivity contribution in [3.63, 3.8) is 0 Å². The molecule has 0 unspecified atom stereocenters. The summed E-state index contributed by atoms with van der Waals surface area (Å²) >= 11 is 0. The third-order valence-electron chi connectivity index (χ3n) is 3.75. The minimum Gasteiger partial charge on any atom is -0.456 e. The first-order valence-electron chi connectivity index (χ1n) is 6.84. The summed E-state index contributed by atoms with van der Waals surface area (Å²) in [4.78, 5) is 0. The van der Waals surface area contributed by atoms with Gasteiger partial charge in [0.15, 0.2) is 0 Å². The van der Waals surface area contributed by atoms with Crippen molar-refractivity contribution in [1.82, 2.24) is 0 Å². The van der Waals surface area contributed by atoms with Crippen LogP contribution in [0.5, 0.6) is 0 Å². The highest BCUT2D eigenvalue weighted by atomic mass is 16.3. The molecule has 0 bridgehead atoms. The van der Waals surface area contributed by atoms with Gasteiger partial charge >= 0.3 is 0 Å². The summed E-state index contributed by atoms with van der Waals surface area (Å²) < 4.78 is 6.02. The number of rotatable bonds is 2. The molecule has 0 fully saturated rings. The van der Waals surface area contributed by atoms with Crippen molar-refractivity contribution < 1.29 is 4.42 Å². The highest BCUT2D eigenvalue weighted by molar-refractivity contribution is 5.87. The zero-order chi connectivity index (χ0) is 13.4. The van der Waals surface area contributed by atoms with Crippen LogP contribution >= 0.6 is 0 Å². The van der Waals surface area contributed by atoms with E-state index in [4.69, 9.17) is 4.42 Å². The lowest BCUT2D eigenvalue weighted by Crippen LogP contribution is -1.82. The Kier molecular flexibility index (Phi) is 2.56. The molecule has 96 valence electrons. The van der Waals surface area contributed by atoms with E-state index in [1.165, 1.54) is 16.7 Å². The number of hydrogen-bond acceptors (Lipinski definition) is 1. The van der Waals surface area contributed by atoms with Gasteiger partial charge in [0, 0.05) is 12.0 Å². The van der Waals surface area contributed by atoms with Crippen molar-refractivity contribution in [3.8, 4) is 11.3 Å². The Labute approximate surface area is 118 Å². The van der Waals surface area contributed by atoms with Crippen molar-refractivity contribution >= 4 is 11.6 Å². The molecule has 1 nitrogen and oxygen atoms in total. The van der Waals surface area contributed by atoms with E-state index < -0.39 is 0 Å². The zero-order valence-corrected chi connectivity index (χ0v) is 11.0. The molecule has 1 aromatic heterocycles. The molecule has 1 aliphatic rings. The smallest absolute Gasteiger partial charge is 0.134 e. The van der Waals surface area contributed by atoms with E-state index in [1.807, 2.05) is 18.2 Å². The second-order valence-corrected chi connectivity index (χ2v) is 5.08. The molecule has 0 aliphatic heterocycles. The lowest BCUT2D eigenvalue weighted by atomic mass is 10.1. The lowest BCUT2D eigenvalue weighted by Gasteiger charge is -1.99. The largest absolute Gasteiger partial charge is 0.456 e. The molecule has 0 radical (unpaired) electrons. The molecule has 1 heteroatoms. The average Bonchev–Trinajstić information content (AvgIpc) is 3.14. The van der Waals surface area contributed by atoms with Crippen molar-refractivity contribution in [2.24, 2.45) is 0 Å². The van der Waals surface area contributed by atoms with E-state index in [0.29, 0.717) is 0 Å². The van der Waals surface area contributed by atoms with Gasteiger partial charge in [-0.25, -0.2) is 0 Å². The Bertz CT molecular complexity index is 778. The molecule has 0 N–H and O–H groups in total. The van der Waals surface area contributed by atoms with E-state index >= 15 is 0 Å². The summed E-state index contributed by atoms with van der Waals surface area (Å²) in [5.41, 5.74) is 5.06. The van der Waals surface area contributed by atoms with Crippen LogP contribution in [0.25, 0.3) is 23.0 Å². The predicted octanol–water partition coefficient (Wildman–Crippen LogP) is 5.04. The topological polar surface area (TPSA) is 13.1 Å². The zero-order valence-electron chi connectivity index (χ0n) is 11.0. The molecule has 2 aromatic carbocycles. The third kappa shape index (κ3) is 1.88. The van der Waals surface area contributed by atoms with Gasteiger partial charge in [-0.3, -0.25) is 0 Å². The van der Waals surface area contributed by atoms with E-state index in [2.05, 4.69) is 54.6 Å². The predicted molar refractivity (Wildman–Crippen MR) is 82.2 cm³/mol. The molecular formula is C19H14O. The van der Waals surface area contributed by atoms with Crippen LogP contribution in [0, 0.1) is 0 Å². The summed E-state index contributed by atoms with van der Waals surface area (Å²) in [5, 5.41) is 0. The van der Waals surface area contributed by atoms with E-state index in [0.717, 1.165) is 23.5 Å². The Hall–Kier alpha value is -2.54. The fraction of sp³-hybridized carbons (Fsp3) is 0.0526. The molecule has 0 spiro atoms. The second kappa shape index (κ2) is 4.53. The molecule has 1 heterocycles. The Balaban J connectivity index is 1.68. The SMILES string of the molecule is C1=C(c2ccc(-c3ccccc3)o2)Cc2ccccc21. The minimum atomic E-state index is 0.928. The minimum absolute atomic E-state index is 0.928. The second-order valence-electron chi connectivity index (χ2n) is 5.08. The van der Waals surface area contributed by atoms with Crippen LogP contribution in [-0.2, 0) is 6.42 Å². The van der Waals surface area contributed by atoms with Gasteiger partial charge in [-0.15, -0.1) is 0 Å². The van der Waals surface area contributed by atoms with Crippen LogP contribution in [0.1, 0.15) is 16.9 Å². The standard InChI is InChI=1S/C19H14O/c1-2-6-14(7-3-1)18-10-11-19(20-18)17-12-15-8-4-5-9-16(15)13-17/h1-12H,13H2. The molecule has 0 atom stereocenters. The maximum Gasteiger partial charge on any atom is 0.134 e. The van der Waals surface area contributed by atoms with Crippen LogP contribution in [0.2, 0.25) is 0 Å². The fourth-order valence-electron chi connectivity index (χ4n) is 2.71. The summed E-state index contributed by atoms with van der Waals surface area (Å²) in [6.45, 7) is 0. The van der Waals surface area contributed by atoms with Crippen molar-refractivity contribution in [2.75, 3.05) is 0 Å². The van der Waals surface area contributed by atoms with Gasteiger partial charge in [0.1, 0.15) is 11.5 Å². The van der Waals surface area contributed by atoms with Gasteiger partial charge in [0.05, 0.1) is 0 Å². The van der Waals surface area contributed by atoms with Crippen molar-refractivity contribution in [2.45, 2.75) is 6.42 Å². The Morgan fingerprint density at radius 1 is 0.700 bits per heavy atom. The number of benzene rings is 2. The maximum absolute atomic E-state index is 6.02. The first-order valence-corrected chi connectivity index (χ1v) is 6.84. The average molecular weight is 258 g/mol. The van der Waals surface area contributed by atoms with E-state index in [9.17, 15) is 0 Å². The van der Waals surface area contributed by atoms with Gasteiger partial charge in [-0.2, -0.15) is 0 Å². The Morgan fingerprint density at radius 2 is 1.45 bits per heavy atom. The lowest BCUT2D eigenvalue weighted by molar-refractivity contribution is 0.566. The number of allylic oxidation sites excluding steroid dienone is 1. The molecular weight excluding hydrogens is 244 g/mol. The summed E-state index contributed by atoms with van der Waals surface area (Å²) in [6, 6.07) is 22.8. The molecule has 20 heavy (non-hydrogen) atoms. The highest BCUT2D eigenvalue weighted by Crippen LogP contribution is 2.34. The summed E-state index contributed by atoms with van der Waals surface area (Å²) in [7, 11) is 0. The Morgan fingerprint density at radius 3 is 2.30 bits per heavy atom. The van der Waals surface area contributed by atoms with Crippen LogP contribution in [0.3, 0.4) is 0 Å².